The van der Waals surface area contributed by atoms with Crippen LogP contribution in [0.25, 0.3) is 0 Å². The SMILES string of the molecule is Cc1cc(NC2CCOC2C2CC2)c(C(=O)O)c(C)n1. The quantitative estimate of drug-likeness (QED) is 0.883. The topological polar surface area (TPSA) is 71.5 Å². The van der Waals surface area contributed by atoms with Gasteiger partial charge in [-0.1, -0.05) is 0 Å². The molecule has 2 heterocycles. The number of ether oxygens (including phenoxy) is 1. The lowest BCUT2D eigenvalue weighted by molar-refractivity contribution is 0.0696. The van der Waals surface area contributed by atoms with Crippen LogP contribution in [0.3, 0.4) is 0 Å². The average Bonchev–Trinajstić information content (AvgIpc) is 3.09. The summed E-state index contributed by atoms with van der Waals surface area (Å²) in [6.07, 6.45) is 3.61. The van der Waals surface area contributed by atoms with Crippen molar-refractivity contribution in [2.24, 2.45) is 5.92 Å². The average molecular weight is 276 g/mol. The van der Waals surface area contributed by atoms with Crippen LogP contribution >= 0.6 is 0 Å². The van der Waals surface area contributed by atoms with Crippen LogP contribution in [-0.2, 0) is 4.74 Å². The number of nitrogens with one attached hydrogen (secondary N) is 1. The number of carboxylic acid groups (broad SMARTS) is 1. The molecule has 3 rings (SSSR count). The highest BCUT2D eigenvalue weighted by atomic mass is 16.5. The number of anilines is 1. The third-order valence-corrected chi connectivity index (χ3v) is 4.11. The van der Waals surface area contributed by atoms with Crippen molar-refractivity contribution in [2.45, 2.75) is 45.3 Å². The molecule has 1 aromatic heterocycles. The summed E-state index contributed by atoms with van der Waals surface area (Å²) < 4.78 is 5.80. The molecule has 5 heteroatoms. The third-order valence-electron chi connectivity index (χ3n) is 4.11. The largest absolute Gasteiger partial charge is 0.478 e. The van der Waals surface area contributed by atoms with Crippen molar-refractivity contribution >= 4 is 11.7 Å². The first-order chi connectivity index (χ1) is 9.56. The highest BCUT2D eigenvalue weighted by Gasteiger charge is 2.41. The number of carboxylic acids is 1. The van der Waals surface area contributed by atoms with E-state index in [1.165, 1.54) is 12.8 Å². The Kier molecular flexibility index (Phi) is 3.38. The summed E-state index contributed by atoms with van der Waals surface area (Å²) in [7, 11) is 0. The van der Waals surface area contributed by atoms with Gasteiger partial charge in [-0.3, -0.25) is 4.98 Å². The number of aryl methyl sites for hydroxylation is 2. The summed E-state index contributed by atoms with van der Waals surface area (Å²) in [5.41, 5.74) is 2.33. The predicted octanol–water partition coefficient (Wildman–Crippen LogP) is 2.38. The summed E-state index contributed by atoms with van der Waals surface area (Å²) in [5, 5.41) is 12.8. The van der Waals surface area contributed by atoms with E-state index in [4.69, 9.17) is 4.74 Å². The van der Waals surface area contributed by atoms with Crippen molar-refractivity contribution in [1.82, 2.24) is 4.98 Å². The van der Waals surface area contributed by atoms with Gasteiger partial charge in [0.15, 0.2) is 0 Å². The summed E-state index contributed by atoms with van der Waals surface area (Å²) in [5.74, 6) is -0.285. The maximum absolute atomic E-state index is 11.4. The van der Waals surface area contributed by atoms with E-state index in [2.05, 4.69) is 10.3 Å². The maximum atomic E-state index is 11.4. The molecule has 108 valence electrons. The van der Waals surface area contributed by atoms with E-state index >= 15 is 0 Å². The first kappa shape index (κ1) is 13.4. The van der Waals surface area contributed by atoms with E-state index < -0.39 is 5.97 Å². The number of pyridine rings is 1. The number of rotatable bonds is 4. The molecule has 2 atom stereocenters. The van der Waals surface area contributed by atoms with Crippen molar-refractivity contribution < 1.29 is 14.6 Å². The molecule has 0 radical (unpaired) electrons. The van der Waals surface area contributed by atoms with Crippen molar-refractivity contribution in [2.75, 3.05) is 11.9 Å². The Bertz CT molecular complexity index is 540. The molecule has 2 unspecified atom stereocenters. The molecule has 0 amide bonds. The molecule has 1 saturated carbocycles. The Morgan fingerprint density at radius 1 is 1.40 bits per heavy atom. The normalized spacial score (nSPS) is 25.7. The van der Waals surface area contributed by atoms with Crippen molar-refractivity contribution in [1.29, 1.82) is 0 Å². The number of hydrogen-bond acceptors (Lipinski definition) is 4. The fourth-order valence-electron chi connectivity index (χ4n) is 3.07. The molecule has 2 aliphatic rings. The molecular weight excluding hydrogens is 256 g/mol. The molecule has 2 N–H and O–H groups in total. The Labute approximate surface area is 118 Å². The fraction of sp³-hybridized carbons (Fsp3) is 0.600. The summed E-state index contributed by atoms with van der Waals surface area (Å²) in [6.45, 7) is 4.38. The second-order valence-corrected chi connectivity index (χ2v) is 5.79. The van der Waals surface area contributed by atoms with E-state index in [0.717, 1.165) is 18.7 Å². The smallest absolute Gasteiger partial charge is 0.339 e. The minimum atomic E-state index is -0.931. The summed E-state index contributed by atoms with van der Waals surface area (Å²) in [4.78, 5) is 15.7. The zero-order chi connectivity index (χ0) is 14.3. The van der Waals surface area contributed by atoms with Gasteiger partial charge in [0.05, 0.1) is 23.5 Å². The van der Waals surface area contributed by atoms with Gasteiger partial charge in [0, 0.05) is 12.3 Å². The van der Waals surface area contributed by atoms with Gasteiger partial charge in [-0.05, 0) is 45.1 Å². The van der Waals surface area contributed by atoms with Crippen molar-refractivity contribution in [3.63, 3.8) is 0 Å². The zero-order valence-electron chi connectivity index (χ0n) is 11.8. The highest BCUT2D eigenvalue weighted by Crippen LogP contribution is 2.40. The molecule has 1 aliphatic heterocycles. The minimum absolute atomic E-state index is 0.210. The summed E-state index contributed by atoms with van der Waals surface area (Å²) >= 11 is 0. The molecule has 1 aromatic rings. The first-order valence-corrected chi connectivity index (χ1v) is 7.16. The molecule has 1 aliphatic carbocycles. The second kappa shape index (κ2) is 5.05. The molecule has 0 spiro atoms. The molecule has 20 heavy (non-hydrogen) atoms. The van der Waals surface area contributed by atoms with Crippen LogP contribution in [0, 0.1) is 19.8 Å². The lowest BCUT2D eigenvalue weighted by atomic mass is 10.0. The van der Waals surface area contributed by atoms with Gasteiger partial charge in [0.25, 0.3) is 0 Å². The Morgan fingerprint density at radius 3 is 2.80 bits per heavy atom. The number of aromatic carboxylic acids is 1. The highest BCUT2D eigenvalue weighted by molar-refractivity contribution is 5.95. The maximum Gasteiger partial charge on any atom is 0.339 e. The van der Waals surface area contributed by atoms with Crippen LogP contribution in [-0.4, -0.2) is 34.8 Å². The number of carbonyl (C=O) groups is 1. The van der Waals surface area contributed by atoms with Crippen LogP contribution in [0.1, 0.15) is 41.0 Å². The lowest BCUT2D eigenvalue weighted by Gasteiger charge is -2.22. The summed E-state index contributed by atoms with van der Waals surface area (Å²) in [6, 6.07) is 2.03. The van der Waals surface area contributed by atoms with Crippen LogP contribution in [0.5, 0.6) is 0 Å². The van der Waals surface area contributed by atoms with Gasteiger partial charge < -0.3 is 15.2 Å². The first-order valence-electron chi connectivity index (χ1n) is 7.16. The monoisotopic (exact) mass is 276 g/mol. The molecule has 5 nitrogen and oxygen atoms in total. The van der Waals surface area contributed by atoms with Gasteiger partial charge in [-0.2, -0.15) is 0 Å². The van der Waals surface area contributed by atoms with E-state index in [-0.39, 0.29) is 17.7 Å². The molecule has 2 fully saturated rings. The van der Waals surface area contributed by atoms with Crippen LogP contribution < -0.4 is 5.32 Å². The van der Waals surface area contributed by atoms with Crippen molar-refractivity contribution in [3.8, 4) is 0 Å². The zero-order valence-corrected chi connectivity index (χ0v) is 11.8. The third kappa shape index (κ3) is 2.50. The number of aromatic nitrogens is 1. The standard InChI is InChI=1S/C15H20N2O3/c1-8-7-12(13(15(18)19)9(2)16-8)17-11-5-6-20-14(11)10-3-4-10/h7,10-11,14H,3-6H2,1-2H3,(H,16,17)(H,18,19). The van der Waals surface area contributed by atoms with E-state index in [9.17, 15) is 9.90 Å². The van der Waals surface area contributed by atoms with E-state index in [1.807, 2.05) is 13.0 Å². The minimum Gasteiger partial charge on any atom is -0.478 e. The fourth-order valence-corrected chi connectivity index (χ4v) is 3.07. The van der Waals surface area contributed by atoms with Gasteiger partial charge in [0.2, 0.25) is 0 Å². The second-order valence-electron chi connectivity index (χ2n) is 5.79. The van der Waals surface area contributed by atoms with Crippen LogP contribution in [0.2, 0.25) is 0 Å². The molecule has 1 saturated heterocycles. The Morgan fingerprint density at radius 2 is 2.15 bits per heavy atom. The lowest BCUT2D eigenvalue weighted by Crippen LogP contribution is -2.31. The van der Waals surface area contributed by atoms with Crippen LogP contribution in [0.15, 0.2) is 6.07 Å². The molecule has 0 aromatic carbocycles. The van der Waals surface area contributed by atoms with Gasteiger partial charge in [-0.15, -0.1) is 0 Å². The van der Waals surface area contributed by atoms with Gasteiger partial charge >= 0.3 is 5.97 Å². The molecule has 0 bridgehead atoms. The molecular formula is C15H20N2O3. The Balaban J connectivity index is 1.87. The number of hydrogen-bond donors (Lipinski definition) is 2. The Hall–Kier alpha value is -1.62. The van der Waals surface area contributed by atoms with Gasteiger partial charge in [-0.25, -0.2) is 4.79 Å². The van der Waals surface area contributed by atoms with Gasteiger partial charge in [0.1, 0.15) is 5.56 Å². The van der Waals surface area contributed by atoms with E-state index in [1.54, 1.807) is 6.92 Å². The number of nitrogens with zero attached hydrogens (tertiary/aromatic N) is 1. The van der Waals surface area contributed by atoms with Crippen molar-refractivity contribution in [3.05, 3.63) is 23.0 Å². The predicted molar refractivity (Wildman–Crippen MR) is 75.2 cm³/mol. The van der Waals surface area contributed by atoms with E-state index in [0.29, 0.717) is 17.3 Å². The van der Waals surface area contributed by atoms with Crippen LogP contribution in [0.4, 0.5) is 5.69 Å².